The van der Waals surface area contributed by atoms with Gasteiger partial charge in [-0.1, -0.05) is 0 Å². The van der Waals surface area contributed by atoms with Crippen molar-refractivity contribution in [2.45, 2.75) is 19.5 Å². The lowest BCUT2D eigenvalue weighted by molar-refractivity contribution is 0.0608. The van der Waals surface area contributed by atoms with Crippen LogP contribution in [-0.4, -0.2) is 42.8 Å². The van der Waals surface area contributed by atoms with Crippen LogP contribution in [0.3, 0.4) is 0 Å². The molecule has 0 spiro atoms. The number of hydrogen-bond donors (Lipinski definition) is 1. The molecule has 0 fully saturated rings. The van der Waals surface area contributed by atoms with Gasteiger partial charge in [-0.15, -0.1) is 0 Å². The topological polar surface area (TPSA) is 48.3 Å². The minimum absolute atomic E-state index is 0.318. The molecular weight excluding hydrogens is 206 g/mol. The molecule has 1 N–H and O–H groups in total. The first-order valence-corrected chi connectivity index (χ1v) is 5.51. The van der Waals surface area contributed by atoms with Gasteiger partial charge in [0.05, 0.1) is 25.5 Å². The van der Waals surface area contributed by atoms with Crippen molar-refractivity contribution >= 4 is 0 Å². The number of nitrogens with one attached hydrogen (secondary N) is 1. The van der Waals surface area contributed by atoms with Gasteiger partial charge in [-0.05, 0) is 13.0 Å². The first-order valence-electron chi connectivity index (χ1n) is 5.51. The molecule has 1 aromatic heterocycles. The van der Waals surface area contributed by atoms with E-state index in [0.29, 0.717) is 25.9 Å². The van der Waals surface area contributed by atoms with Gasteiger partial charge in [0.1, 0.15) is 0 Å². The minimum Gasteiger partial charge on any atom is -0.382 e. The first kappa shape index (κ1) is 13.2. The van der Waals surface area contributed by atoms with Gasteiger partial charge < -0.3 is 14.8 Å². The molecule has 1 heterocycles. The molecule has 0 saturated carbocycles. The summed E-state index contributed by atoms with van der Waals surface area (Å²) in [6.07, 6.45) is 1.94. The molecule has 5 heteroatoms. The van der Waals surface area contributed by atoms with E-state index < -0.39 is 0 Å². The highest BCUT2D eigenvalue weighted by molar-refractivity contribution is 4.98. The van der Waals surface area contributed by atoms with Crippen LogP contribution in [0.25, 0.3) is 0 Å². The SMILES string of the molecule is COCCOCC(C)NCc1ccn(C)n1. The molecule has 0 radical (unpaired) electrons. The summed E-state index contributed by atoms with van der Waals surface area (Å²) in [6, 6.07) is 2.32. The summed E-state index contributed by atoms with van der Waals surface area (Å²) in [5.41, 5.74) is 1.05. The second-order valence-corrected chi connectivity index (χ2v) is 3.83. The van der Waals surface area contributed by atoms with Gasteiger partial charge >= 0.3 is 0 Å². The average molecular weight is 227 g/mol. The number of aryl methyl sites for hydroxylation is 1. The molecule has 1 aromatic rings. The van der Waals surface area contributed by atoms with Crippen molar-refractivity contribution in [3.8, 4) is 0 Å². The largest absolute Gasteiger partial charge is 0.382 e. The molecule has 16 heavy (non-hydrogen) atoms. The lowest BCUT2D eigenvalue weighted by Gasteiger charge is -2.13. The molecule has 0 aromatic carbocycles. The Labute approximate surface area is 96.7 Å². The van der Waals surface area contributed by atoms with Crippen LogP contribution in [0, 0.1) is 0 Å². The molecule has 0 aliphatic heterocycles. The first-order chi connectivity index (χ1) is 7.72. The molecule has 0 aliphatic rings. The minimum atomic E-state index is 0.318. The fourth-order valence-corrected chi connectivity index (χ4v) is 1.30. The molecular formula is C11H21N3O2. The molecule has 0 saturated heterocycles. The Morgan fingerprint density at radius 1 is 1.50 bits per heavy atom. The second-order valence-electron chi connectivity index (χ2n) is 3.83. The van der Waals surface area contributed by atoms with Gasteiger partial charge in [0.2, 0.25) is 0 Å². The smallest absolute Gasteiger partial charge is 0.0762 e. The van der Waals surface area contributed by atoms with E-state index in [1.54, 1.807) is 11.8 Å². The third-order valence-electron chi connectivity index (χ3n) is 2.20. The Morgan fingerprint density at radius 3 is 2.94 bits per heavy atom. The molecule has 1 atom stereocenters. The standard InChI is InChI=1S/C11H21N3O2/c1-10(9-16-7-6-15-3)12-8-11-4-5-14(2)13-11/h4-5,10,12H,6-9H2,1-3H3. The van der Waals surface area contributed by atoms with Crippen LogP contribution >= 0.6 is 0 Å². The van der Waals surface area contributed by atoms with E-state index in [1.165, 1.54) is 0 Å². The van der Waals surface area contributed by atoms with Crippen LogP contribution in [0.5, 0.6) is 0 Å². The number of hydrogen-bond acceptors (Lipinski definition) is 4. The number of ether oxygens (including phenoxy) is 2. The van der Waals surface area contributed by atoms with Crippen molar-refractivity contribution in [1.82, 2.24) is 15.1 Å². The Kier molecular flexibility index (Phi) is 6.07. The van der Waals surface area contributed by atoms with Crippen LogP contribution in [-0.2, 0) is 23.1 Å². The van der Waals surface area contributed by atoms with Crippen molar-refractivity contribution in [2.75, 3.05) is 26.9 Å². The van der Waals surface area contributed by atoms with Gasteiger partial charge in [-0.2, -0.15) is 5.10 Å². The third-order valence-corrected chi connectivity index (χ3v) is 2.20. The maximum Gasteiger partial charge on any atom is 0.0762 e. The second kappa shape index (κ2) is 7.38. The fraction of sp³-hybridized carbons (Fsp3) is 0.727. The summed E-state index contributed by atoms with van der Waals surface area (Å²) in [6.45, 7) is 4.85. The predicted molar refractivity (Wildman–Crippen MR) is 62.2 cm³/mol. The predicted octanol–water partition coefficient (Wildman–Crippen LogP) is 0.561. The van der Waals surface area contributed by atoms with E-state index in [1.807, 2.05) is 19.3 Å². The zero-order valence-electron chi connectivity index (χ0n) is 10.3. The zero-order valence-corrected chi connectivity index (χ0v) is 10.3. The number of rotatable bonds is 8. The third kappa shape index (κ3) is 5.25. The van der Waals surface area contributed by atoms with E-state index in [2.05, 4.69) is 17.3 Å². The molecule has 0 aliphatic carbocycles. The van der Waals surface area contributed by atoms with Gasteiger partial charge in [-0.3, -0.25) is 4.68 Å². The van der Waals surface area contributed by atoms with E-state index in [9.17, 15) is 0 Å². The van der Waals surface area contributed by atoms with Crippen molar-refractivity contribution in [3.63, 3.8) is 0 Å². The van der Waals surface area contributed by atoms with Gasteiger partial charge in [0, 0.05) is 32.9 Å². The van der Waals surface area contributed by atoms with Crippen molar-refractivity contribution in [1.29, 1.82) is 0 Å². The van der Waals surface area contributed by atoms with Crippen LogP contribution in [0.2, 0.25) is 0 Å². The Balaban J connectivity index is 2.08. The molecule has 1 unspecified atom stereocenters. The highest BCUT2D eigenvalue weighted by Gasteiger charge is 2.02. The fourth-order valence-electron chi connectivity index (χ4n) is 1.30. The van der Waals surface area contributed by atoms with Crippen molar-refractivity contribution in [2.24, 2.45) is 7.05 Å². The summed E-state index contributed by atoms with van der Waals surface area (Å²) in [4.78, 5) is 0. The normalized spacial score (nSPS) is 12.9. The summed E-state index contributed by atoms with van der Waals surface area (Å²) >= 11 is 0. The lowest BCUT2D eigenvalue weighted by Crippen LogP contribution is -2.30. The summed E-state index contributed by atoms with van der Waals surface area (Å²) < 4.78 is 12.1. The Bertz CT molecular complexity index is 289. The zero-order chi connectivity index (χ0) is 11.8. The van der Waals surface area contributed by atoms with Crippen molar-refractivity contribution in [3.05, 3.63) is 18.0 Å². The number of methoxy groups -OCH3 is 1. The van der Waals surface area contributed by atoms with Gasteiger partial charge in [0.15, 0.2) is 0 Å². The van der Waals surface area contributed by atoms with Gasteiger partial charge in [0.25, 0.3) is 0 Å². The van der Waals surface area contributed by atoms with E-state index >= 15 is 0 Å². The monoisotopic (exact) mass is 227 g/mol. The van der Waals surface area contributed by atoms with Crippen LogP contribution in [0.4, 0.5) is 0 Å². The molecule has 92 valence electrons. The Hall–Kier alpha value is -0.910. The highest BCUT2D eigenvalue weighted by Crippen LogP contribution is 1.94. The van der Waals surface area contributed by atoms with Crippen LogP contribution in [0.15, 0.2) is 12.3 Å². The van der Waals surface area contributed by atoms with Gasteiger partial charge in [-0.25, -0.2) is 0 Å². The molecule has 0 bridgehead atoms. The highest BCUT2D eigenvalue weighted by atomic mass is 16.5. The quantitative estimate of drug-likeness (QED) is 0.659. The van der Waals surface area contributed by atoms with Crippen molar-refractivity contribution < 1.29 is 9.47 Å². The summed E-state index contributed by atoms with van der Waals surface area (Å²) in [7, 11) is 3.59. The maximum atomic E-state index is 5.42. The van der Waals surface area contributed by atoms with E-state index in [-0.39, 0.29) is 0 Å². The molecule has 5 nitrogen and oxygen atoms in total. The summed E-state index contributed by atoms with van der Waals surface area (Å²) in [5, 5.41) is 7.63. The van der Waals surface area contributed by atoms with E-state index in [4.69, 9.17) is 9.47 Å². The number of nitrogens with zero attached hydrogens (tertiary/aromatic N) is 2. The maximum absolute atomic E-state index is 5.42. The molecule has 1 rings (SSSR count). The Morgan fingerprint density at radius 2 is 2.31 bits per heavy atom. The average Bonchev–Trinajstić information content (AvgIpc) is 2.68. The summed E-state index contributed by atoms with van der Waals surface area (Å²) in [5.74, 6) is 0. The number of aromatic nitrogens is 2. The lowest BCUT2D eigenvalue weighted by atomic mass is 10.3. The van der Waals surface area contributed by atoms with Crippen LogP contribution < -0.4 is 5.32 Å². The molecule has 0 amide bonds. The van der Waals surface area contributed by atoms with E-state index in [0.717, 1.165) is 12.2 Å². The van der Waals surface area contributed by atoms with Crippen LogP contribution in [0.1, 0.15) is 12.6 Å².